The number of nitrogens with zero attached hydrogens (tertiary/aromatic N) is 8. The fraction of sp³-hybridized carbons (Fsp3) is 0.554. The number of likely N-dealkylation sites (tertiary alicyclic amines) is 1. The summed E-state index contributed by atoms with van der Waals surface area (Å²) in [5, 5.41) is 26.9. The number of aromatic amines is 1. The van der Waals surface area contributed by atoms with E-state index in [4.69, 9.17) is 19.4 Å². The third-order valence-electron chi connectivity index (χ3n) is 16.4. The van der Waals surface area contributed by atoms with E-state index in [1.165, 1.54) is 25.9 Å². The first kappa shape index (κ1) is 55.6. The summed E-state index contributed by atoms with van der Waals surface area (Å²) in [4.78, 5) is 77.8. The third kappa shape index (κ3) is 12.1. The number of hydrogen-bond donors (Lipinski definition) is 5. The van der Waals surface area contributed by atoms with E-state index in [1.807, 2.05) is 32.0 Å². The fourth-order valence-corrected chi connectivity index (χ4v) is 12.5. The normalized spacial score (nSPS) is 20.1. The summed E-state index contributed by atoms with van der Waals surface area (Å²) in [5.41, 5.74) is 4.60. The molecule has 2 aliphatic carbocycles. The van der Waals surface area contributed by atoms with Crippen LogP contribution in [0.2, 0.25) is 0 Å². The van der Waals surface area contributed by atoms with Crippen LogP contribution in [0.5, 0.6) is 11.5 Å². The molecule has 2 aliphatic heterocycles. The number of carboxylic acid groups (broad SMARTS) is 1. The summed E-state index contributed by atoms with van der Waals surface area (Å²) >= 11 is 0. The molecule has 21 nitrogen and oxygen atoms in total. The van der Waals surface area contributed by atoms with Crippen LogP contribution in [-0.2, 0) is 30.6 Å². The number of rotatable bonds is 17. The van der Waals surface area contributed by atoms with E-state index in [9.17, 15) is 32.7 Å². The van der Waals surface area contributed by atoms with Gasteiger partial charge in [-0.15, -0.1) is 0 Å². The molecule has 5 aromatic rings. The maximum Gasteiger partial charge on any atom is 0.407 e. The molecule has 4 aliphatic rings. The molecule has 0 spiro atoms. The molecular formula is C56H74N12O9S. The molecule has 78 heavy (non-hydrogen) atoms. The van der Waals surface area contributed by atoms with Crippen molar-refractivity contribution in [2.75, 3.05) is 43.5 Å². The number of amides is 4. The zero-order chi connectivity index (χ0) is 55.5. The van der Waals surface area contributed by atoms with E-state index >= 15 is 0 Å². The molecule has 2 aromatic carbocycles. The van der Waals surface area contributed by atoms with Gasteiger partial charge >= 0.3 is 6.09 Å². The molecule has 2 saturated heterocycles. The number of anilines is 3. The number of H-pyrrole nitrogens is 1. The Hall–Kier alpha value is -7.10. The third-order valence-corrected chi connectivity index (χ3v) is 18.9. The minimum Gasteiger partial charge on any atom is -0.492 e. The Kier molecular flexibility index (Phi) is 16.7. The van der Waals surface area contributed by atoms with Crippen molar-refractivity contribution in [3.05, 3.63) is 77.5 Å². The second-order valence-electron chi connectivity index (χ2n) is 22.5. The van der Waals surface area contributed by atoms with Gasteiger partial charge in [0.2, 0.25) is 23.7 Å². The van der Waals surface area contributed by atoms with Gasteiger partial charge in [-0.3, -0.25) is 24.4 Å². The average molecular weight is 1090 g/mol. The summed E-state index contributed by atoms with van der Waals surface area (Å²) < 4.78 is 39.9. The van der Waals surface area contributed by atoms with E-state index in [-0.39, 0.29) is 41.5 Å². The van der Waals surface area contributed by atoms with Crippen molar-refractivity contribution in [2.45, 2.75) is 159 Å². The largest absolute Gasteiger partial charge is 0.492 e. The number of aryl methyl sites for hydroxylation is 2. The lowest BCUT2D eigenvalue weighted by Gasteiger charge is -2.36. The number of sulfone groups is 1. The van der Waals surface area contributed by atoms with Gasteiger partial charge in [-0.25, -0.2) is 33.1 Å². The first-order valence-electron chi connectivity index (χ1n) is 27.4. The van der Waals surface area contributed by atoms with Gasteiger partial charge in [0.1, 0.15) is 47.0 Å². The Bertz CT molecular complexity index is 3100. The van der Waals surface area contributed by atoms with Gasteiger partial charge in [0, 0.05) is 49.3 Å². The number of carbonyl (C=O) groups is 4. The summed E-state index contributed by atoms with van der Waals surface area (Å²) in [6.07, 6.45) is 12.2. The van der Waals surface area contributed by atoms with Crippen molar-refractivity contribution in [1.82, 2.24) is 50.6 Å². The fourth-order valence-electron chi connectivity index (χ4n) is 11.2. The Morgan fingerprint density at radius 1 is 0.936 bits per heavy atom. The molecule has 9 rings (SSSR count). The van der Waals surface area contributed by atoms with E-state index in [0.717, 1.165) is 73.1 Å². The number of carbonyl (C=O) groups excluding carboxylic acids is 3. The molecule has 0 radical (unpaired) electrons. The SMILES string of the molecule is Cc1[nH]nc(Nc2ncnc3cc(OCCC4CCN(c5ncc(O[C@H]6C[C@@H](C(=O)N[C@@H]7CCCc8ccccc87)N(C(=O)[C@@H](NC(=O)C(C)N(C)C(=O)O)C7CCCCC7)C6)cn5)CC4)c(S(=O)(=O)C(C)(C)C)cc23)c1C. The zero-order valence-electron chi connectivity index (χ0n) is 45.8. The van der Waals surface area contributed by atoms with Crippen LogP contribution in [0, 0.1) is 25.7 Å². The van der Waals surface area contributed by atoms with Crippen LogP contribution in [0.15, 0.2) is 60.0 Å². The van der Waals surface area contributed by atoms with Crippen molar-refractivity contribution in [3.63, 3.8) is 0 Å². The zero-order valence-corrected chi connectivity index (χ0v) is 46.6. The molecule has 5 N–H and O–H groups in total. The Labute approximate surface area is 456 Å². The van der Waals surface area contributed by atoms with E-state index < -0.39 is 56.7 Å². The highest BCUT2D eigenvalue weighted by molar-refractivity contribution is 7.92. The molecule has 5 heterocycles. The highest BCUT2D eigenvalue weighted by atomic mass is 32.2. The van der Waals surface area contributed by atoms with Crippen LogP contribution in [0.1, 0.15) is 127 Å². The molecule has 0 bridgehead atoms. The van der Waals surface area contributed by atoms with E-state index in [1.54, 1.807) is 50.2 Å². The Balaban J connectivity index is 0.846. The van der Waals surface area contributed by atoms with Crippen molar-refractivity contribution in [3.8, 4) is 11.5 Å². The molecular weight excluding hydrogens is 1020 g/mol. The number of likely N-dealkylation sites (N-methyl/N-ethyl adjacent to an activating group) is 1. The molecule has 3 aromatic heterocycles. The van der Waals surface area contributed by atoms with Crippen molar-refractivity contribution in [1.29, 1.82) is 0 Å². The summed E-state index contributed by atoms with van der Waals surface area (Å²) in [6, 6.07) is 8.23. The quantitative estimate of drug-likeness (QED) is 0.0608. The smallest absolute Gasteiger partial charge is 0.407 e. The van der Waals surface area contributed by atoms with Crippen molar-refractivity contribution in [2.24, 2.45) is 11.8 Å². The van der Waals surface area contributed by atoms with Gasteiger partial charge in [-0.05, 0) is 122 Å². The molecule has 1 unspecified atom stereocenters. The Morgan fingerprint density at radius 2 is 1.67 bits per heavy atom. The van der Waals surface area contributed by atoms with Gasteiger partial charge < -0.3 is 40.3 Å². The van der Waals surface area contributed by atoms with Gasteiger partial charge in [0.05, 0.1) is 41.9 Å². The predicted octanol–water partition coefficient (Wildman–Crippen LogP) is 7.37. The van der Waals surface area contributed by atoms with Crippen molar-refractivity contribution < 1.29 is 42.2 Å². The molecule has 418 valence electrons. The number of benzene rings is 2. The predicted molar refractivity (Wildman–Crippen MR) is 293 cm³/mol. The lowest BCUT2D eigenvalue weighted by atomic mass is 9.83. The maximum absolute atomic E-state index is 14.9. The summed E-state index contributed by atoms with van der Waals surface area (Å²) in [5.74, 6) is 1.03. The highest BCUT2D eigenvalue weighted by Gasteiger charge is 2.46. The number of ether oxygens (including phenoxy) is 2. The first-order valence-corrected chi connectivity index (χ1v) is 28.9. The number of aromatic nitrogens is 6. The van der Waals surface area contributed by atoms with Crippen LogP contribution < -0.4 is 30.3 Å². The lowest BCUT2D eigenvalue weighted by Crippen LogP contribution is -2.58. The van der Waals surface area contributed by atoms with Crippen LogP contribution in [0.25, 0.3) is 10.9 Å². The van der Waals surface area contributed by atoms with Gasteiger partial charge in [0.15, 0.2) is 21.4 Å². The number of piperidine rings is 1. The molecule has 3 fully saturated rings. The maximum atomic E-state index is 14.9. The molecule has 5 atom stereocenters. The van der Waals surface area contributed by atoms with Gasteiger partial charge in [-0.1, -0.05) is 43.5 Å². The van der Waals surface area contributed by atoms with E-state index in [0.29, 0.717) is 79.1 Å². The molecule has 4 amide bonds. The molecule has 1 saturated carbocycles. The van der Waals surface area contributed by atoms with Crippen LogP contribution in [0.4, 0.5) is 22.4 Å². The minimum atomic E-state index is -3.86. The number of hydrogen-bond acceptors (Lipinski definition) is 15. The first-order chi connectivity index (χ1) is 37.3. The standard InChI is InChI=1S/C56H74N12O9S/c1-33-34(2)64-65-49(33)63-50-42-27-47(78(74,75)56(4,5)6)46(28-44(42)59-32-60-50)76-25-22-36-20-23-67(24-21-36)54-57-29-40(30-58-54)77-39-26-45(52(70)61-43-19-13-17-37-14-11-12-18-41(37)43)68(31-39)53(71)48(38-15-9-8-10-16-38)62-51(69)35(3)66(7)55(72)73/h11-12,14,18,27-30,32,35-36,38-39,43,45,48H,8-10,13,15-17,19-26,31H2,1-7H3,(H,61,70)(H,62,69)(H,72,73)(H2,59,60,63,64,65)/t35?,39-,43+,45-,48-/m0/s1. The lowest BCUT2D eigenvalue weighted by molar-refractivity contribution is -0.143. The number of nitrogens with one attached hydrogen (secondary N) is 4. The van der Waals surface area contributed by atoms with Gasteiger partial charge in [-0.2, -0.15) is 5.10 Å². The Morgan fingerprint density at radius 3 is 2.36 bits per heavy atom. The second kappa shape index (κ2) is 23.5. The summed E-state index contributed by atoms with van der Waals surface area (Å²) in [7, 11) is -2.54. The van der Waals surface area contributed by atoms with Gasteiger partial charge in [0.25, 0.3) is 0 Å². The van der Waals surface area contributed by atoms with Crippen LogP contribution in [0.3, 0.4) is 0 Å². The van der Waals surface area contributed by atoms with Crippen LogP contribution >= 0.6 is 0 Å². The summed E-state index contributed by atoms with van der Waals surface area (Å²) in [6.45, 7) is 12.1. The van der Waals surface area contributed by atoms with Crippen LogP contribution in [-0.4, -0.2) is 140 Å². The molecule has 22 heteroatoms. The van der Waals surface area contributed by atoms with Crippen molar-refractivity contribution >= 4 is 62.1 Å². The monoisotopic (exact) mass is 1090 g/mol. The topological polar surface area (TPSA) is 267 Å². The average Bonchev–Trinajstić information content (AvgIpc) is 4.07. The highest BCUT2D eigenvalue weighted by Crippen LogP contribution is 2.39. The second-order valence-corrected chi connectivity index (χ2v) is 25.1. The number of fused-ring (bicyclic) bond motifs is 2. The van der Waals surface area contributed by atoms with E-state index in [2.05, 4.69) is 47.1 Å². The minimum absolute atomic E-state index is 0.0722.